The zero-order valence-corrected chi connectivity index (χ0v) is 9.19. The molecular formula is C10H17NO6. The maximum atomic E-state index is 11.5. The predicted molar refractivity (Wildman–Crippen MR) is 54.6 cm³/mol. The van der Waals surface area contributed by atoms with E-state index < -0.39 is 37.3 Å². The second-order valence-corrected chi connectivity index (χ2v) is 4.54. The molecule has 2 rings (SSSR count). The van der Waals surface area contributed by atoms with Crippen molar-refractivity contribution in [1.29, 1.82) is 0 Å². The molecule has 2 aliphatic rings. The maximum Gasteiger partial charge on any atom is 0.223 e. The average molecular weight is 247 g/mol. The summed E-state index contributed by atoms with van der Waals surface area (Å²) >= 11 is 0. The van der Waals surface area contributed by atoms with E-state index in [9.17, 15) is 20.1 Å². The van der Waals surface area contributed by atoms with E-state index in [1.165, 1.54) is 0 Å². The van der Waals surface area contributed by atoms with Gasteiger partial charge in [0.15, 0.2) is 6.29 Å². The van der Waals surface area contributed by atoms with Crippen molar-refractivity contribution in [2.24, 2.45) is 5.92 Å². The Hall–Kier alpha value is -0.730. The van der Waals surface area contributed by atoms with Crippen molar-refractivity contribution < 1.29 is 30.0 Å². The number of rotatable bonds is 3. The smallest absolute Gasteiger partial charge is 0.223 e. The molecule has 5 atom stereocenters. The molecule has 0 radical (unpaired) electrons. The van der Waals surface area contributed by atoms with Crippen molar-refractivity contribution in [3.8, 4) is 0 Å². The van der Waals surface area contributed by atoms with Gasteiger partial charge in [-0.15, -0.1) is 0 Å². The highest BCUT2D eigenvalue weighted by Gasteiger charge is 2.45. The molecule has 0 spiro atoms. The fourth-order valence-electron chi connectivity index (χ4n) is 1.88. The van der Waals surface area contributed by atoms with Gasteiger partial charge < -0.3 is 30.5 Å². The van der Waals surface area contributed by atoms with Gasteiger partial charge >= 0.3 is 0 Å². The quantitative estimate of drug-likeness (QED) is 0.370. The summed E-state index contributed by atoms with van der Waals surface area (Å²) in [4.78, 5) is 11.5. The van der Waals surface area contributed by atoms with Crippen molar-refractivity contribution in [3.05, 3.63) is 0 Å². The first-order valence-electron chi connectivity index (χ1n) is 5.65. The number of carbonyl (C=O) groups excluding carboxylic acids is 1. The molecule has 0 bridgehead atoms. The largest absolute Gasteiger partial charge is 0.394 e. The van der Waals surface area contributed by atoms with Crippen molar-refractivity contribution in [2.75, 3.05) is 6.61 Å². The summed E-state index contributed by atoms with van der Waals surface area (Å²) < 4.78 is 4.91. The summed E-state index contributed by atoms with van der Waals surface area (Å²) in [6.45, 7) is -0.515. The van der Waals surface area contributed by atoms with Gasteiger partial charge in [-0.2, -0.15) is 0 Å². The van der Waals surface area contributed by atoms with Gasteiger partial charge in [-0.1, -0.05) is 0 Å². The molecule has 1 heterocycles. The van der Waals surface area contributed by atoms with Crippen LogP contribution < -0.4 is 5.32 Å². The Morgan fingerprint density at radius 1 is 1.24 bits per heavy atom. The van der Waals surface area contributed by atoms with Gasteiger partial charge in [-0.05, 0) is 12.8 Å². The first-order valence-corrected chi connectivity index (χ1v) is 5.65. The minimum Gasteiger partial charge on any atom is -0.394 e. The van der Waals surface area contributed by atoms with E-state index >= 15 is 0 Å². The third-order valence-electron chi connectivity index (χ3n) is 3.16. The SMILES string of the molecule is O=C(N[C@H]1C(O)O[C@H](CO)[C@H](O)[C@@H]1O)C1CC1. The number of hydrogen-bond donors (Lipinski definition) is 5. The zero-order chi connectivity index (χ0) is 12.6. The van der Waals surface area contributed by atoms with Gasteiger partial charge in [0.05, 0.1) is 6.61 Å². The Labute approximate surface area is 98.0 Å². The van der Waals surface area contributed by atoms with Gasteiger partial charge in [-0.3, -0.25) is 4.79 Å². The lowest BCUT2D eigenvalue weighted by Gasteiger charge is -2.40. The van der Waals surface area contributed by atoms with Gasteiger partial charge in [0, 0.05) is 5.92 Å². The van der Waals surface area contributed by atoms with Crippen LogP contribution in [0.2, 0.25) is 0 Å². The van der Waals surface area contributed by atoms with Crippen molar-refractivity contribution in [1.82, 2.24) is 5.32 Å². The van der Waals surface area contributed by atoms with Crippen molar-refractivity contribution >= 4 is 5.91 Å². The van der Waals surface area contributed by atoms with Crippen molar-refractivity contribution in [3.63, 3.8) is 0 Å². The molecule has 0 aromatic carbocycles. The van der Waals surface area contributed by atoms with Crippen LogP contribution in [0.3, 0.4) is 0 Å². The average Bonchev–Trinajstić information content (AvgIpc) is 3.13. The summed E-state index contributed by atoms with van der Waals surface area (Å²) in [6.07, 6.45) is -3.59. The first kappa shape index (κ1) is 12.7. The summed E-state index contributed by atoms with van der Waals surface area (Å²) in [5, 5.41) is 40.2. The second-order valence-electron chi connectivity index (χ2n) is 4.54. The number of aliphatic hydroxyl groups is 4. The summed E-state index contributed by atoms with van der Waals surface area (Å²) in [7, 11) is 0. The summed E-state index contributed by atoms with van der Waals surface area (Å²) in [5.41, 5.74) is 0. The number of aliphatic hydroxyl groups excluding tert-OH is 4. The van der Waals surface area contributed by atoms with Crippen LogP contribution in [-0.4, -0.2) is 63.6 Å². The molecular weight excluding hydrogens is 230 g/mol. The topological polar surface area (TPSA) is 119 Å². The number of hydrogen-bond acceptors (Lipinski definition) is 6. The fourth-order valence-corrected chi connectivity index (χ4v) is 1.88. The minimum atomic E-state index is -1.44. The van der Waals surface area contributed by atoms with E-state index in [1.54, 1.807) is 0 Å². The number of carbonyl (C=O) groups is 1. The molecule has 1 aliphatic carbocycles. The molecule has 0 aromatic heterocycles. The van der Waals surface area contributed by atoms with E-state index in [2.05, 4.69) is 5.32 Å². The Bertz CT molecular complexity index is 295. The fraction of sp³-hybridized carbons (Fsp3) is 0.900. The molecule has 0 aromatic rings. The normalized spacial score (nSPS) is 42.2. The number of ether oxygens (including phenoxy) is 1. The Kier molecular flexibility index (Phi) is 3.64. The Balaban J connectivity index is 1.98. The Morgan fingerprint density at radius 2 is 1.88 bits per heavy atom. The van der Waals surface area contributed by atoms with Crippen LogP contribution in [0.4, 0.5) is 0 Å². The van der Waals surface area contributed by atoms with E-state index in [0.717, 1.165) is 12.8 Å². The van der Waals surface area contributed by atoms with E-state index in [-0.39, 0.29) is 11.8 Å². The molecule has 17 heavy (non-hydrogen) atoms. The van der Waals surface area contributed by atoms with E-state index in [4.69, 9.17) is 9.84 Å². The molecule has 1 unspecified atom stereocenters. The molecule has 1 amide bonds. The number of nitrogens with one attached hydrogen (secondary N) is 1. The lowest BCUT2D eigenvalue weighted by Crippen LogP contribution is -2.64. The lowest BCUT2D eigenvalue weighted by molar-refractivity contribution is -0.253. The van der Waals surface area contributed by atoms with Crippen LogP contribution in [0.5, 0.6) is 0 Å². The van der Waals surface area contributed by atoms with Crippen LogP contribution in [-0.2, 0) is 9.53 Å². The molecule has 1 aliphatic heterocycles. The lowest BCUT2D eigenvalue weighted by atomic mass is 9.97. The highest BCUT2D eigenvalue weighted by Crippen LogP contribution is 2.29. The number of amides is 1. The van der Waals surface area contributed by atoms with Gasteiger partial charge in [0.2, 0.25) is 5.91 Å². The highest BCUT2D eigenvalue weighted by molar-refractivity contribution is 5.81. The predicted octanol–water partition coefficient (Wildman–Crippen LogP) is -2.69. The third-order valence-corrected chi connectivity index (χ3v) is 3.16. The van der Waals surface area contributed by atoms with Crippen LogP contribution >= 0.6 is 0 Å². The van der Waals surface area contributed by atoms with Gasteiger partial charge in [-0.25, -0.2) is 0 Å². The monoisotopic (exact) mass is 247 g/mol. The first-order chi connectivity index (χ1) is 8.04. The zero-order valence-electron chi connectivity index (χ0n) is 9.19. The second kappa shape index (κ2) is 4.87. The minimum absolute atomic E-state index is 0.0675. The van der Waals surface area contributed by atoms with E-state index in [1.807, 2.05) is 0 Å². The Morgan fingerprint density at radius 3 is 2.41 bits per heavy atom. The highest BCUT2D eigenvalue weighted by atomic mass is 16.6. The van der Waals surface area contributed by atoms with E-state index in [0.29, 0.717) is 0 Å². The standard InChI is InChI=1S/C10H17NO6/c12-3-5-7(13)8(14)6(10(16)17-5)11-9(15)4-1-2-4/h4-8,10,12-14,16H,1-3H2,(H,11,15)/t5-,6-,7+,8-,10?/m1/s1. The summed E-state index contributed by atoms with van der Waals surface area (Å²) in [5.74, 6) is -0.326. The van der Waals surface area contributed by atoms with Gasteiger partial charge in [0.25, 0.3) is 0 Å². The molecule has 1 saturated carbocycles. The molecule has 7 heteroatoms. The summed E-state index contributed by atoms with van der Waals surface area (Å²) in [6, 6.07) is -1.07. The maximum absolute atomic E-state index is 11.5. The molecule has 2 fully saturated rings. The molecule has 1 saturated heterocycles. The van der Waals surface area contributed by atoms with Crippen LogP contribution in [0.15, 0.2) is 0 Å². The van der Waals surface area contributed by atoms with Crippen LogP contribution in [0.1, 0.15) is 12.8 Å². The molecule has 98 valence electrons. The van der Waals surface area contributed by atoms with Crippen molar-refractivity contribution in [2.45, 2.75) is 43.5 Å². The molecule has 7 nitrogen and oxygen atoms in total. The van der Waals surface area contributed by atoms with Crippen LogP contribution in [0.25, 0.3) is 0 Å². The third kappa shape index (κ3) is 2.58. The van der Waals surface area contributed by atoms with Crippen LogP contribution in [0, 0.1) is 5.92 Å². The van der Waals surface area contributed by atoms with Gasteiger partial charge in [0.1, 0.15) is 24.4 Å². The molecule has 5 N–H and O–H groups in total.